The molecule has 0 fully saturated rings. The van der Waals surface area contributed by atoms with Gasteiger partial charge in [0, 0.05) is 30.2 Å². The van der Waals surface area contributed by atoms with Crippen LogP contribution in [0, 0.1) is 20.8 Å². The van der Waals surface area contributed by atoms with Gasteiger partial charge in [-0.25, -0.2) is 4.79 Å². The highest BCUT2D eigenvalue weighted by Gasteiger charge is 2.19. The molecule has 1 heterocycles. The van der Waals surface area contributed by atoms with Gasteiger partial charge >= 0.3 is 6.03 Å². The van der Waals surface area contributed by atoms with Crippen LogP contribution in [0.25, 0.3) is 0 Å². The van der Waals surface area contributed by atoms with Crippen LogP contribution in [0.3, 0.4) is 0 Å². The molecule has 0 aliphatic rings. The fraction of sp³-hybridized carbons (Fsp3) is 0.320. The molecular formula is C25H31N3O. The summed E-state index contributed by atoms with van der Waals surface area (Å²) in [6.45, 7) is 11.7. The first-order valence-electron chi connectivity index (χ1n) is 10.2. The molecule has 0 spiro atoms. The predicted octanol–water partition coefficient (Wildman–Crippen LogP) is 5.90. The van der Waals surface area contributed by atoms with E-state index in [-0.39, 0.29) is 12.1 Å². The smallest absolute Gasteiger partial charge is 0.322 e. The molecule has 4 nitrogen and oxygen atoms in total. The molecule has 0 aliphatic carbocycles. The number of carbonyl (C=O) groups is 1. The number of nitrogens with one attached hydrogen (secondary N) is 1. The second kappa shape index (κ2) is 8.99. The largest absolute Gasteiger partial charge is 0.345 e. The summed E-state index contributed by atoms with van der Waals surface area (Å²) in [4.78, 5) is 14.9. The minimum absolute atomic E-state index is 0.0773. The summed E-state index contributed by atoms with van der Waals surface area (Å²) in [5.74, 6) is 0. The number of benzene rings is 2. The average Bonchev–Trinajstić information content (AvgIpc) is 3.09. The summed E-state index contributed by atoms with van der Waals surface area (Å²) in [7, 11) is 0. The van der Waals surface area contributed by atoms with Gasteiger partial charge in [0.1, 0.15) is 0 Å². The van der Waals surface area contributed by atoms with Gasteiger partial charge in [-0.15, -0.1) is 0 Å². The molecule has 0 bridgehead atoms. The Kier molecular flexibility index (Phi) is 6.42. The van der Waals surface area contributed by atoms with Gasteiger partial charge < -0.3 is 14.8 Å². The average molecular weight is 390 g/mol. The Labute approximate surface area is 174 Å². The molecule has 2 aromatic carbocycles. The number of carbonyl (C=O) groups excluding carboxylic acids is 1. The summed E-state index contributed by atoms with van der Waals surface area (Å²) in [5, 5.41) is 3.06. The predicted molar refractivity (Wildman–Crippen MR) is 120 cm³/mol. The summed E-state index contributed by atoms with van der Waals surface area (Å²) in [5.41, 5.74) is 6.86. The second-order valence-corrected chi connectivity index (χ2v) is 8.07. The molecule has 2 amide bonds. The van der Waals surface area contributed by atoms with Crippen LogP contribution >= 0.6 is 0 Å². The molecule has 0 unspecified atom stereocenters. The fourth-order valence-electron chi connectivity index (χ4n) is 3.43. The number of anilines is 1. The lowest BCUT2D eigenvalue weighted by atomic mass is 10.1. The maximum absolute atomic E-state index is 13.0. The monoisotopic (exact) mass is 389 g/mol. The topological polar surface area (TPSA) is 37.3 Å². The van der Waals surface area contributed by atoms with Crippen LogP contribution in [0.15, 0.2) is 60.8 Å². The SMILES string of the molecule is Cc1cccc(Cn2cccc2CN(C(=O)Nc2ccc(C)c(C)c2)C(C)C)c1. The first kappa shape index (κ1) is 20.7. The Bertz CT molecular complexity index is 987. The highest BCUT2D eigenvalue weighted by Crippen LogP contribution is 2.17. The molecular weight excluding hydrogens is 358 g/mol. The number of aryl methyl sites for hydroxylation is 3. The van der Waals surface area contributed by atoms with Crippen LogP contribution in [-0.4, -0.2) is 21.5 Å². The quantitative estimate of drug-likeness (QED) is 0.559. The first-order chi connectivity index (χ1) is 13.8. The Hall–Kier alpha value is -3.01. The first-order valence-corrected chi connectivity index (χ1v) is 10.2. The van der Waals surface area contributed by atoms with E-state index >= 15 is 0 Å². The Balaban J connectivity index is 1.74. The number of hydrogen-bond donors (Lipinski definition) is 1. The third-order valence-electron chi connectivity index (χ3n) is 5.33. The van der Waals surface area contributed by atoms with Gasteiger partial charge in [0.2, 0.25) is 0 Å². The summed E-state index contributed by atoms with van der Waals surface area (Å²) in [6, 6.07) is 18.7. The van der Waals surface area contributed by atoms with Crippen LogP contribution in [-0.2, 0) is 13.1 Å². The van der Waals surface area contributed by atoms with Gasteiger partial charge in [-0.1, -0.05) is 35.9 Å². The van der Waals surface area contributed by atoms with Gasteiger partial charge in [0.25, 0.3) is 0 Å². The fourth-order valence-corrected chi connectivity index (χ4v) is 3.43. The normalized spacial score (nSPS) is 11.0. The van der Waals surface area contributed by atoms with Crippen molar-refractivity contribution >= 4 is 11.7 Å². The summed E-state index contributed by atoms with van der Waals surface area (Å²) in [6.07, 6.45) is 2.08. The second-order valence-electron chi connectivity index (χ2n) is 8.07. The van der Waals surface area contributed by atoms with Crippen molar-refractivity contribution in [2.75, 3.05) is 5.32 Å². The van der Waals surface area contributed by atoms with Crippen molar-refractivity contribution in [2.45, 2.75) is 53.8 Å². The third-order valence-corrected chi connectivity index (χ3v) is 5.33. The Morgan fingerprint density at radius 2 is 1.79 bits per heavy atom. The van der Waals surface area contributed by atoms with E-state index in [0.717, 1.165) is 17.9 Å². The molecule has 0 aliphatic heterocycles. The van der Waals surface area contributed by atoms with E-state index in [9.17, 15) is 4.79 Å². The summed E-state index contributed by atoms with van der Waals surface area (Å²) >= 11 is 0. The number of urea groups is 1. The van der Waals surface area contributed by atoms with Crippen molar-refractivity contribution in [1.82, 2.24) is 9.47 Å². The molecule has 1 N–H and O–H groups in total. The van der Waals surface area contributed by atoms with Crippen LogP contribution in [0.1, 0.15) is 41.8 Å². The van der Waals surface area contributed by atoms with Gasteiger partial charge in [0.05, 0.1) is 6.54 Å². The molecule has 0 radical (unpaired) electrons. The van der Waals surface area contributed by atoms with Gasteiger partial charge in [-0.05, 0) is 75.6 Å². The number of aromatic nitrogens is 1. The van der Waals surface area contributed by atoms with Gasteiger partial charge in [-0.2, -0.15) is 0 Å². The lowest BCUT2D eigenvalue weighted by Crippen LogP contribution is -2.40. The molecule has 0 saturated heterocycles. The molecule has 1 aromatic heterocycles. The van der Waals surface area contributed by atoms with Crippen molar-refractivity contribution in [2.24, 2.45) is 0 Å². The molecule has 29 heavy (non-hydrogen) atoms. The highest BCUT2D eigenvalue weighted by atomic mass is 16.2. The lowest BCUT2D eigenvalue weighted by molar-refractivity contribution is 0.192. The number of rotatable bonds is 6. The maximum atomic E-state index is 13.0. The van der Waals surface area contributed by atoms with Crippen molar-refractivity contribution in [1.29, 1.82) is 0 Å². The maximum Gasteiger partial charge on any atom is 0.322 e. The zero-order valence-electron chi connectivity index (χ0n) is 18.1. The molecule has 0 atom stereocenters. The number of nitrogens with zero attached hydrogens (tertiary/aromatic N) is 2. The Morgan fingerprint density at radius 1 is 1.00 bits per heavy atom. The Morgan fingerprint density at radius 3 is 2.48 bits per heavy atom. The molecule has 0 saturated carbocycles. The van der Waals surface area contributed by atoms with E-state index in [0.29, 0.717) is 6.54 Å². The van der Waals surface area contributed by atoms with Gasteiger partial charge in [0.15, 0.2) is 0 Å². The van der Waals surface area contributed by atoms with E-state index in [2.05, 4.69) is 67.2 Å². The molecule has 152 valence electrons. The van der Waals surface area contributed by atoms with Crippen LogP contribution < -0.4 is 5.32 Å². The van der Waals surface area contributed by atoms with Crippen LogP contribution in [0.2, 0.25) is 0 Å². The van der Waals surface area contributed by atoms with E-state index in [1.165, 1.54) is 22.3 Å². The third kappa shape index (κ3) is 5.29. The number of amides is 2. The van der Waals surface area contributed by atoms with E-state index in [4.69, 9.17) is 0 Å². The van der Waals surface area contributed by atoms with Gasteiger partial charge in [-0.3, -0.25) is 0 Å². The standard InChI is InChI=1S/C25H31N3O/c1-18(2)28(25(29)26-23-12-11-20(4)21(5)15-23)17-24-10-7-13-27(24)16-22-9-6-8-19(3)14-22/h6-15,18H,16-17H2,1-5H3,(H,26,29). The van der Waals surface area contributed by atoms with Crippen molar-refractivity contribution < 1.29 is 4.79 Å². The van der Waals surface area contributed by atoms with Crippen LogP contribution in [0.5, 0.6) is 0 Å². The highest BCUT2D eigenvalue weighted by molar-refractivity contribution is 5.89. The zero-order chi connectivity index (χ0) is 21.0. The van der Waals surface area contributed by atoms with Crippen molar-refractivity contribution in [3.8, 4) is 0 Å². The molecule has 4 heteroatoms. The van der Waals surface area contributed by atoms with Crippen molar-refractivity contribution in [3.05, 3.63) is 88.7 Å². The minimum atomic E-state index is -0.0773. The molecule has 3 rings (SSSR count). The van der Waals surface area contributed by atoms with Crippen molar-refractivity contribution in [3.63, 3.8) is 0 Å². The molecule has 3 aromatic rings. The lowest BCUT2D eigenvalue weighted by Gasteiger charge is -2.28. The van der Waals surface area contributed by atoms with E-state index in [1.54, 1.807) is 0 Å². The summed E-state index contributed by atoms with van der Waals surface area (Å²) < 4.78 is 2.22. The minimum Gasteiger partial charge on any atom is -0.345 e. The van der Waals surface area contributed by atoms with E-state index in [1.807, 2.05) is 43.0 Å². The number of hydrogen-bond acceptors (Lipinski definition) is 1. The van der Waals surface area contributed by atoms with Crippen LogP contribution in [0.4, 0.5) is 10.5 Å². The van der Waals surface area contributed by atoms with E-state index < -0.39 is 0 Å². The zero-order valence-corrected chi connectivity index (χ0v) is 18.1.